The summed E-state index contributed by atoms with van der Waals surface area (Å²) in [6, 6.07) is 14.5. The van der Waals surface area contributed by atoms with Crippen LogP contribution in [0.4, 0.5) is 0 Å². The Kier molecular flexibility index (Phi) is 5.42. The Morgan fingerprint density at radius 3 is 2.40 bits per heavy atom. The molecule has 25 heavy (non-hydrogen) atoms. The smallest absolute Gasteiger partial charge is 0.254 e. The van der Waals surface area contributed by atoms with Crippen molar-refractivity contribution in [3.8, 4) is 5.75 Å². The molecule has 0 spiro atoms. The highest BCUT2D eigenvalue weighted by Gasteiger charge is 2.24. The molecule has 1 saturated heterocycles. The van der Waals surface area contributed by atoms with Crippen LogP contribution in [-0.4, -0.2) is 31.0 Å². The number of piperidine rings is 1. The Morgan fingerprint density at radius 2 is 1.76 bits per heavy atom. The molecule has 0 bridgehead atoms. The number of carbonyl (C=O) groups is 1. The molecule has 132 valence electrons. The summed E-state index contributed by atoms with van der Waals surface area (Å²) in [5.41, 5.74) is 4.41. The molecule has 1 heterocycles. The van der Waals surface area contributed by atoms with Gasteiger partial charge >= 0.3 is 0 Å². The van der Waals surface area contributed by atoms with Crippen LogP contribution in [0.3, 0.4) is 0 Å². The number of rotatable bonds is 4. The van der Waals surface area contributed by atoms with E-state index in [1.54, 1.807) is 7.11 Å². The average molecular weight is 337 g/mol. The van der Waals surface area contributed by atoms with Crippen LogP contribution in [0.1, 0.15) is 39.9 Å². The number of aryl methyl sites for hydroxylation is 2. The van der Waals surface area contributed by atoms with Crippen LogP contribution in [0.5, 0.6) is 5.75 Å². The zero-order valence-corrected chi connectivity index (χ0v) is 15.4. The first-order chi connectivity index (χ1) is 12.1. The van der Waals surface area contributed by atoms with E-state index in [1.165, 1.54) is 5.56 Å². The maximum Gasteiger partial charge on any atom is 0.254 e. The van der Waals surface area contributed by atoms with Crippen molar-refractivity contribution in [1.29, 1.82) is 0 Å². The maximum absolute atomic E-state index is 12.8. The van der Waals surface area contributed by atoms with Gasteiger partial charge in [-0.05, 0) is 68.4 Å². The molecule has 0 atom stereocenters. The van der Waals surface area contributed by atoms with Crippen molar-refractivity contribution in [3.05, 3.63) is 64.7 Å². The van der Waals surface area contributed by atoms with Crippen molar-refractivity contribution < 1.29 is 9.53 Å². The van der Waals surface area contributed by atoms with E-state index in [9.17, 15) is 4.79 Å². The van der Waals surface area contributed by atoms with Gasteiger partial charge in [-0.15, -0.1) is 0 Å². The minimum absolute atomic E-state index is 0.184. The first-order valence-electron chi connectivity index (χ1n) is 9.06. The lowest BCUT2D eigenvalue weighted by molar-refractivity contribution is 0.0689. The Hall–Kier alpha value is -2.29. The second kappa shape index (κ2) is 7.73. The first kappa shape index (κ1) is 17.5. The van der Waals surface area contributed by atoms with Crippen molar-refractivity contribution in [1.82, 2.24) is 4.90 Å². The molecule has 0 unspecified atom stereocenters. The number of nitrogens with zero attached hydrogens (tertiary/aromatic N) is 1. The largest absolute Gasteiger partial charge is 0.497 e. The van der Waals surface area contributed by atoms with Crippen LogP contribution in [0.25, 0.3) is 0 Å². The summed E-state index contributed by atoms with van der Waals surface area (Å²) in [4.78, 5) is 14.8. The highest BCUT2D eigenvalue weighted by molar-refractivity contribution is 5.95. The number of carbonyl (C=O) groups excluding carboxylic acids is 1. The molecule has 3 heteroatoms. The van der Waals surface area contributed by atoms with E-state index in [4.69, 9.17) is 4.74 Å². The van der Waals surface area contributed by atoms with E-state index in [0.29, 0.717) is 5.92 Å². The molecular formula is C22H27NO2. The molecule has 0 aromatic heterocycles. The molecule has 0 saturated carbocycles. The fraction of sp³-hybridized carbons (Fsp3) is 0.409. The normalized spacial score (nSPS) is 15.2. The lowest BCUT2D eigenvalue weighted by atomic mass is 9.89. The van der Waals surface area contributed by atoms with Gasteiger partial charge in [0.05, 0.1) is 7.11 Å². The first-order valence-corrected chi connectivity index (χ1v) is 9.06. The summed E-state index contributed by atoms with van der Waals surface area (Å²) in [5.74, 6) is 1.73. The number of hydrogen-bond acceptors (Lipinski definition) is 2. The number of hydrogen-bond donors (Lipinski definition) is 0. The van der Waals surface area contributed by atoms with E-state index < -0.39 is 0 Å². The van der Waals surface area contributed by atoms with Crippen LogP contribution in [-0.2, 0) is 6.42 Å². The van der Waals surface area contributed by atoms with Crippen LogP contribution >= 0.6 is 0 Å². The summed E-state index contributed by atoms with van der Waals surface area (Å²) in [6.45, 7) is 5.76. The third kappa shape index (κ3) is 4.22. The average Bonchev–Trinajstić information content (AvgIpc) is 2.64. The molecular weight excluding hydrogens is 310 g/mol. The Bertz CT molecular complexity index is 728. The molecule has 0 aliphatic carbocycles. The number of likely N-dealkylation sites (tertiary alicyclic amines) is 1. The Balaban J connectivity index is 1.57. The molecule has 1 amide bonds. The highest BCUT2D eigenvalue weighted by atomic mass is 16.5. The molecule has 3 nitrogen and oxygen atoms in total. The van der Waals surface area contributed by atoms with Crippen LogP contribution < -0.4 is 4.74 Å². The number of methoxy groups -OCH3 is 1. The van der Waals surface area contributed by atoms with E-state index in [-0.39, 0.29) is 5.91 Å². The van der Waals surface area contributed by atoms with Gasteiger partial charge in [-0.3, -0.25) is 4.79 Å². The van der Waals surface area contributed by atoms with Crippen molar-refractivity contribution in [2.75, 3.05) is 20.2 Å². The summed E-state index contributed by atoms with van der Waals surface area (Å²) in [5, 5.41) is 0. The van der Waals surface area contributed by atoms with Crippen molar-refractivity contribution in [2.24, 2.45) is 5.92 Å². The monoisotopic (exact) mass is 337 g/mol. The summed E-state index contributed by atoms with van der Waals surface area (Å²) in [6.07, 6.45) is 3.22. The van der Waals surface area contributed by atoms with Gasteiger partial charge in [-0.1, -0.05) is 29.8 Å². The van der Waals surface area contributed by atoms with Gasteiger partial charge in [0.2, 0.25) is 0 Å². The zero-order valence-electron chi connectivity index (χ0n) is 15.4. The summed E-state index contributed by atoms with van der Waals surface area (Å²) >= 11 is 0. The number of benzene rings is 2. The van der Waals surface area contributed by atoms with Gasteiger partial charge in [0.15, 0.2) is 0 Å². The predicted molar refractivity (Wildman–Crippen MR) is 101 cm³/mol. The Labute approximate surface area is 150 Å². The summed E-state index contributed by atoms with van der Waals surface area (Å²) < 4.78 is 5.22. The molecule has 0 N–H and O–H groups in total. The predicted octanol–water partition coefficient (Wildman–Crippen LogP) is 4.41. The van der Waals surface area contributed by atoms with Crippen molar-refractivity contribution >= 4 is 5.91 Å². The van der Waals surface area contributed by atoms with E-state index >= 15 is 0 Å². The topological polar surface area (TPSA) is 29.5 Å². The lowest BCUT2D eigenvalue weighted by Crippen LogP contribution is -2.39. The SMILES string of the molecule is COc1ccc(CC2CCN(C(=O)c3cc(C)ccc3C)CC2)cc1. The zero-order chi connectivity index (χ0) is 17.8. The third-order valence-corrected chi connectivity index (χ3v) is 5.21. The van der Waals surface area contributed by atoms with Gasteiger partial charge in [-0.2, -0.15) is 0 Å². The van der Waals surface area contributed by atoms with Gasteiger partial charge in [0, 0.05) is 18.7 Å². The van der Waals surface area contributed by atoms with Crippen LogP contribution in [0.2, 0.25) is 0 Å². The van der Waals surface area contributed by atoms with Gasteiger partial charge in [-0.25, -0.2) is 0 Å². The molecule has 1 fully saturated rings. The minimum Gasteiger partial charge on any atom is -0.497 e. The van der Waals surface area contributed by atoms with Crippen molar-refractivity contribution in [3.63, 3.8) is 0 Å². The second-order valence-corrected chi connectivity index (χ2v) is 7.11. The molecule has 1 aliphatic rings. The lowest BCUT2D eigenvalue weighted by Gasteiger charge is -2.32. The van der Waals surface area contributed by atoms with E-state index in [2.05, 4.69) is 18.2 Å². The van der Waals surface area contributed by atoms with Gasteiger partial charge in [0.1, 0.15) is 5.75 Å². The number of amides is 1. The van der Waals surface area contributed by atoms with E-state index in [0.717, 1.165) is 54.8 Å². The fourth-order valence-electron chi connectivity index (χ4n) is 3.57. The number of ether oxygens (including phenoxy) is 1. The maximum atomic E-state index is 12.8. The molecule has 1 aliphatic heterocycles. The summed E-state index contributed by atoms with van der Waals surface area (Å²) in [7, 11) is 1.69. The third-order valence-electron chi connectivity index (χ3n) is 5.21. The Morgan fingerprint density at radius 1 is 1.08 bits per heavy atom. The van der Waals surface area contributed by atoms with Gasteiger partial charge < -0.3 is 9.64 Å². The molecule has 3 rings (SSSR count). The van der Waals surface area contributed by atoms with Crippen LogP contribution in [0.15, 0.2) is 42.5 Å². The quantitative estimate of drug-likeness (QED) is 0.827. The van der Waals surface area contributed by atoms with E-state index in [1.807, 2.05) is 43.0 Å². The molecule has 2 aromatic rings. The highest BCUT2D eigenvalue weighted by Crippen LogP contribution is 2.24. The fourth-order valence-corrected chi connectivity index (χ4v) is 3.57. The molecule has 0 radical (unpaired) electrons. The van der Waals surface area contributed by atoms with Crippen LogP contribution in [0, 0.1) is 19.8 Å². The molecule has 2 aromatic carbocycles. The standard InChI is InChI=1S/C22H27NO2/c1-16-4-5-17(2)21(14-16)22(24)23-12-10-19(11-13-23)15-18-6-8-20(25-3)9-7-18/h4-9,14,19H,10-13,15H2,1-3H3. The minimum atomic E-state index is 0.184. The van der Waals surface area contributed by atoms with Crippen molar-refractivity contribution in [2.45, 2.75) is 33.1 Å². The van der Waals surface area contributed by atoms with Gasteiger partial charge in [0.25, 0.3) is 5.91 Å². The second-order valence-electron chi connectivity index (χ2n) is 7.11.